The Balaban J connectivity index is 2.48. The Hall–Kier alpha value is -1.32. The fourth-order valence-electron chi connectivity index (χ4n) is 1.66. The maximum absolute atomic E-state index is 11.8. The SMILES string of the molecule is CCCC(CCC)C(=O)Nc1ncc[nH]1. The molecule has 0 spiro atoms. The molecule has 0 atom stereocenters. The summed E-state index contributed by atoms with van der Waals surface area (Å²) in [4.78, 5) is 18.7. The fourth-order valence-corrected chi connectivity index (χ4v) is 1.66. The van der Waals surface area contributed by atoms with Gasteiger partial charge in [-0.15, -0.1) is 0 Å². The summed E-state index contributed by atoms with van der Waals surface area (Å²) in [6, 6.07) is 0. The molecular formula is C11H19N3O. The van der Waals surface area contributed by atoms with E-state index in [0.29, 0.717) is 5.95 Å². The first-order valence-electron chi connectivity index (χ1n) is 5.58. The van der Waals surface area contributed by atoms with Crippen molar-refractivity contribution in [2.24, 2.45) is 5.92 Å². The number of hydrogen-bond donors (Lipinski definition) is 2. The van der Waals surface area contributed by atoms with E-state index in [9.17, 15) is 4.79 Å². The quantitative estimate of drug-likeness (QED) is 0.756. The van der Waals surface area contributed by atoms with Gasteiger partial charge in [0.15, 0.2) is 0 Å². The van der Waals surface area contributed by atoms with Gasteiger partial charge in [-0.05, 0) is 12.8 Å². The van der Waals surface area contributed by atoms with Gasteiger partial charge in [0.2, 0.25) is 11.9 Å². The van der Waals surface area contributed by atoms with Gasteiger partial charge >= 0.3 is 0 Å². The molecule has 0 bridgehead atoms. The van der Waals surface area contributed by atoms with E-state index in [1.807, 2.05) is 0 Å². The van der Waals surface area contributed by atoms with E-state index in [4.69, 9.17) is 0 Å². The largest absolute Gasteiger partial charge is 0.331 e. The van der Waals surface area contributed by atoms with Crippen LogP contribution in [0, 0.1) is 5.92 Å². The molecular weight excluding hydrogens is 190 g/mol. The van der Waals surface area contributed by atoms with Gasteiger partial charge in [0, 0.05) is 18.3 Å². The first-order chi connectivity index (χ1) is 7.27. The van der Waals surface area contributed by atoms with Gasteiger partial charge in [-0.2, -0.15) is 0 Å². The molecule has 1 aromatic heterocycles. The monoisotopic (exact) mass is 209 g/mol. The zero-order valence-electron chi connectivity index (χ0n) is 9.42. The fraction of sp³-hybridized carbons (Fsp3) is 0.636. The lowest BCUT2D eigenvalue weighted by Crippen LogP contribution is -2.23. The molecule has 1 heterocycles. The van der Waals surface area contributed by atoms with Crippen molar-refractivity contribution in [1.82, 2.24) is 9.97 Å². The molecule has 1 rings (SSSR count). The van der Waals surface area contributed by atoms with Crippen LogP contribution in [0.2, 0.25) is 0 Å². The zero-order valence-corrected chi connectivity index (χ0v) is 9.42. The lowest BCUT2D eigenvalue weighted by Gasteiger charge is -2.13. The third-order valence-corrected chi connectivity index (χ3v) is 2.38. The molecule has 15 heavy (non-hydrogen) atoms. The normalized spacial score (nSPS) is 10.6. The van der Waals surface area contributed by atoms with Crippen LogP contribution in [0.3, 0.4) is 0 Å². The zero-order chi connectivity index (χ0) is 11.1. The number of H-pyrrole nitrogens is 1. The van der Waals surface area contributed by atoms with Crippen molar-refractivity contribution in [2.45, 2.75) is 39.5 Å². The molecule has 2 N–H and O–H groups in total. The van der Waals surface area contributed by atoms with Crippen molar-refractivity contribution >= 4 is 11.9 Å². The van der Waals surface area contributed by atoms with Gasteiger partial charge < -0.3 is 4.98 Å². The molecule has 0 saturated heterocycles. The number of amides is 1. The predicted molar refractivity (Wildman–Crippen MR) is 60.5 cm³/mol. The Morgan fingerprint density at radius 2 is 2.13 bits per heavy atom. The molecule has 0 unspecified atom stereocenters. The van der Waals surface area contributed by atoms with Crippen molar-refractivity contribution in [3.8, 4) is 0 Å². The molecule has 0 aliphatic carbocycles. The summed E-state index contributed by atoms with van der Waals surface area (Å²) in [5.41, 5.74) is 0. The lowest BCUT2D eigenvalue weighted by molar-refractivity contribution is -0.120. The Morgan fingerprint density at radius 1 is 1.47 bits per heavy atom. The average molecular weight is 209 g/mol. The number of carbonyl (C=O) groups excluding carboxylic acids is 1. The summed E-state index contributed by atoms with van der Waals surface area (Å²) >= 11 is 0. The first-order valence-corrected chi connectivity index (χ1v) is 5.58. The number of rotatable bonds is 6. The summed E-state index contributed by atoms with van der Waals surface area (Å²) < 4.78 is 0. The molecule has 0 saturated carbocycles. The topological polar surface area (TPSA) is 57.8 Å². The molecule has 4 heteroatoms. The minimum atomic E-state index is 0.0775. The second-order valence-corrected chi connectivity index (χ2v) is 3.70. The number of nitrogens with one attached hydrogen (secondary N) is 2. The highest BCUT2D eigenvalue weighted by Crippen LogP contribution is 2.15. The number of carbonyl (C=O) groups is 1. The van der Waals surface area contributed by atoms with Crippen molar-refractivity contribution in [3.05, 3.63) is 12.4 Å². The molecule has 0 fully saturated rings. The number of hydrogen-bond acceptors (Lipinski definition) is 2. The van der Waals surface area contributed by atoms with E-state index in [1.165, 1.54) is 0 Å². The summed E-state index contributed by atoms with van der Waals surface area (Å²) in [5, 5.41) is 2.79. The molecule has 0 aliphatic heterocycles. The third kappa shape index (κ3) is 3.73. The van der Waals surface area contributed by atoms with Crippen LogP contribution in [0.5, 0.6) is 0 Å². The number of aromatic nitrogens is 2. The third-order valence-electron chi connectivity index (χ3n) is 2.38. The molecule has 1 aromatic rings. The molecule has 0 aromatic carbocycles. The second-order valence-electron chi connectivity index (χ2n) is 3.70. The van der Waals surface area contributed by atoms with E-state index < -0.39 is 0 Å². The Kier molecular flexibility index (Phi) is 4.87. The van der Waals surface area contributed by atoms with E-state index in [1.54, 1.807) is 12.4 Å². The molecule has 4 nitrogen and oxygen atoms in total. The lowest BCUT2D eigenvalue weighted by atomic mass is 9.97. The number of aromatic amines is 1. The highest BCUT2D eigenvalue weighted by Gasteiger charge is 2.16. The van der Waals surface area contributed by atoms with Gasteiger partial charge in [-0.1, -0.05) is 26.7 Å². The maximum atomic E-state index is 11.8. The van der Waals surface area contributed by atoms with E-state index in [2.05, 4.69) is 29.1 Å². The van der Waals surface area contributed by atoms with E-state index >= 15 is 0 Å². The van der Waals surface area contributed by atoms with Crippen LogP contribution in [-0.2, 0) is 4.79 Å². The maximum Gasteiger partial charge on any atom is 0.229 e. The van der Waals surface area contributed by atoms with Crippen LogP contribution >= 0.6 is 0 Å². The van der Waals surface area contributed by atoms with Crippen LogP contribution in [0.4, 0.5) is 5.95 Å². The first kappa shape index (κ1) is 11.8. The standard InChI is InChI=1S/C11H19N3O/c1-3-5-9(6-4-2)10(15)14-11-12-7-8-13-11/h7-9H,3-6H2,1-2H3,(H2,12,13,14,15). The summed E-state index contributed by atoms with van der Waals surface area (Å²) in [6.07, 6.45) is 7.29. The molecule has 0 radical (unpaired) electrons. The van der Waals surface area contributed by atoms with Crippen LogP contribution in [-0.4, -0.2) is 15.9 Å². The van der Waals surface area contributed by atoms with Gasteiger partial charge in [-0.3, -0.25) is 10.1 Å². The second kappa shape index (κ2) is 6.22. The number of anilines is 1. The Bertz CT molecular complexity index is 276. The van der Waals surface area contributed by atoms with Crippen molar-refractivity contribution in [3.63, 3.8) is 0 Å². The number of imidazole rings is 1. The summed E-state index contributed by atoms with van der Waals surface area (Å²) in [6.45, 7) is 4.20. The van der Waals surface area contributed by atoms with Crippen LogP contribution in [0.1, 0.15) is 39.5 Å². The highest BCUT2D eigenvalue weighted by atomic mass is 16.2. The van der Waals surface area contributed by atoms with Crippen LogP contribution in [0.15, 0.2) is 12.4 Å². The summed E-state index contributed by atoms with van der Waals surface area (Å²) in [7, 11) is 0. The van der Waals surface area contributed by atoms with Gasteiger partial charge in [0.25, 0.3) is 0 Å². The Labute approximate surface area is 90.5 Å². The van der Waals surface area contributed by atoms with E-state index in [-0.39, 0.29) is 11.8 Å². The van der Waals surface area contributed by atoms with Gasteiger partial charge in [0.05, 0.1) is 0 Å². The molecule has 0 aliphatic rings. The highest BCUT2D eigenvalue weighted by molar-refractivity contribution is 5.90. The minimum absolute atomic E-state index is 0.0775. The van der Waals surface area contributed by atoms with Crippen LogP contribution in [0.25, 0.3) is 0 Å². The Morgan fingerprint density at radius 3 is 2.60 bits per heavy atom. The molecule has 1 amide bonds. The summed E-state index contributed by atoms with van der Waals surface area (Å²) in [5.74, 6) is 0.732. The van der Waals surface area contributed by atoms with Crippen molar-refractivity contribution in [1.29, 1.82) is 0 Å². The van der Waals surface area contributed by atoms with Gasteiger partial charge in [-0.25, -0.2) is 4.98 Å². The number of nitrogens with zero attached hydrogens (tertiary/aromatic N) is 1. The minimum Gasteiger partial charge on any atom is -0.331 e. The van der Waals surface area contributed by atoms with Crippen molar-refractivity contribution in [2.75, 3.05) is 5.32 Å². The molecule has 84 valence electrons. The van der Waals surface area contributed by atoms with E-state index in [0.717, 1.165) is 25.7 Å². The smallest absolute Gasteiger partial charge is 0.229 e. The van der Waals surface area contributed by atoms with Gasteiger partial charge in [0.1, 0.15) is 0 Å². The average Bonchev–Trinajstić information content (AvgIpc) is 2.70. The predicted octanol–water partition coefficient (Wildman–Crippen LogP) is 2.56. The van der Waals surface area contributed by atoms with Crippen molar-refractivity contribution < 1.29 is 4.79 Å². The van der Waals surface area contributed by atoms with Crippen LogP contribution < -0.4 is 5.32 Å².